The fourth-order valence-corrected chi connectivity index (χ4v) is 4.73. The van der Waals surface area contributed by atoms with Crippen molar-refractivity contribution in [2.24, 2.45) is 0 Å². The SMILES string of the molecule is COc1cc2c(Oc3ccc(Nc4ccc(C(C)(C)C)cc4)cc3)ccnc2cc1OCCN(CC(C)O)CC(C)O. The summed E-state index contributed by atoms with van der Waals surface area (Å²) >= 11 is 0. The van der Waals surface area contributed by atoms with E-state index in [1.807, 2.05) is 47.4 Å². The van der Waals surface area contributed by atoms with Gasteiger partial charge in [-0.2, -0.15) is 0 Å². The number of aliphatic hydroxyl groups excluding tert-OH is 2. The van der Waals surface area contributed by atoms with Crippen LogP contribution in [0.25, 0.3) is 10.9 Å². The Morgan fingerprint density at radius 3 is 2.02 bits per heavy atom. The molecule has 1 aromatic heterocycles. The van der Waals surface area contributed by atoms with Gasteiger partial charge in [0.15, 0.2) is 11.5 Å². The molecule has 0 aliphatic heterocycles. The zero-order valence-corrected chi connectivity index (χ0v) is 25.4. The Morgan fingerprint density at radius 2 is 1.45 bits per heavy atom. The van der Waals surface area contributed by atoms with Gasteiger partial charge in [0.25, 0.3) is 0 Å². The maximum atomic E-state index is 9.78. The molecule has 4 aromatic rings. The molecule has 2 atom stereocenters. The minimum Gasteiger partial charge on any atom is -0.493 e. The highest BCUT2D eigenvalue weighted by Gasteiger charge is 2.15. The van der Waals surface area contributed by atoms with E-state index in [0.717, 1.165) is 16.8 Å². The molecule has 0 radical (unpaired) electrons. The second-order valence-corrected chi connectivity index (χ2v) is 11.7. The summed E-state index contributed by atoms with van der Waals surface area (Å²) in [7, 11) is 1.60. The number of nitrogens with one attached hydrogen (secondary N) is 1. The van der Waals surface area contributed by atoms with Crippen LogP contribution in [0.15, 0.2) is 72.9 Å². The first-order valence-corrected chi connectivity index (χ1v) is 14.4. The van der Waals surface area contributed by atoms with Crippen LogP contribution in [-0.2, 0) is 5.41 Å². The van der Waals surface area contributed by atoms with Crippen LogP contribution in [0.1, 0.15) is 40.2 Å². The minimum absolute atomic E-state index is 0.119. The van der Waals surface area contributed by atoms with E-state index in [2.05, 4.69) is 55.3 Å². The van der Waals surface area contributed by atoms with Crippen molar-refractivity contribution >= 4 is 22.3 Å². The van der Waals surface area contributed by atoms with Crippen LogP contribution in [0.5, 0.6) is 23.0 Å². The van der Waals surface area contributed by atoms with Crippen molar-refractivity contribution in [3.05, 3.63) is 78.5 Å². The first kappa shape index (κ1) is 31.1. The quantitative estimate of drug-likeness (QED) is 0.166. The summed E-state index contributed by atoms with van der Waals surface area (Å²) in [4.78, 5) is 6.49. The first-order valence-electron chi connectivity index (χ1n) is 14.4. The summed E-state index contributed by atoms with van der Waals surface area (Å²) in [6.45, 7) is 11.9. The molecule has 0 bridgehead atoms. The largest absolute Gasteiger partial charge is 0.493 e. The summed E-state index contributed by atoms with van der Waals surface area (Å²) in [5.41, 5.74) is 4.12. The molecule has 0 fully saturated rings. The number of aliphatic hydroxyl groups is 2. The molecule has 1 heterocycles. The van der Waals surface area contributed by atoms with E-state index in [9.17, 15) is 10.2 Å². The Balaban J connectivity index is 1.44. The Kier molecular flexibility index (Phi) is 10.3. The van der Waals surface area contributed by atoms with Crippen molar-refractivity contribution in [3.8, 4) is 23.0 Å². The summed E-state index contributed by atoms with van der Waals surface area (Å²) in [5.74, 6) is 2.49. The standard InChI is InChI=1S/C34H43N3O5/c1-23(38)21-37(22-24(2)39)17-18-41-33-20-30-29(19-32(33)40-6)31(15-16-35-30)42-28-13-11-27(12-14-28)36-26-9-7-25(8-10-26)34(3,4)5/h7-16,19-20,23-24,36,38-39H,17-18,21-22H2,1-6H3. The average Bonchev–Trinajstić information content (AvgIpc) is 2.93. The predicted octanol–water partition coefficient (Wildman–Crippen LogP) is 6.52. The molecule has 0 saturated heterocycles. The third-order valence-electron chi connectivity index (χ3n) is 6.82. The van der Waals surface area contributed by atoms with Crippen molar-refractivity contribution in [2.75, 3.05) is 38.7 Å². The van der Waals surface area contributed by atoms with E-state index in [0.29, 0.717) is 54.8 Å². The Labute approximate surface area is 248 Å². The number of fused-ring (bicyclic) bond motifs is 1. The van der Waals surface area contributed by atoms with Crippen LogP contribution in [-0.4, -0.2) is 65.7 Å². The molecule has 0 saturated carbocycles. The predicted molar refractivity (Wildman–Crippen MR) is 169 cm³/mol. The topological polar surface area (TPSA) is 96.3 Å². The molecule has 2 unspecified atom stereocenters. The molecule has 42 heavy (non-hydrogen) atoms. The van der Waals surface area contributed by atoms with Gasteiger partial charge in [-0.1, -0.05) is 32.9 Å². The highest BCUT2D eigenvalue weighted by atomic mass is 16.5. The Bertz CT molecular complexity index is 1420. The number of ether oxygens (including phenoxy) is 3. The maximum Gasteiger partial charge on any atom is 0.163 e. The van der Waals surface area contributed by atoms with Crippen molar-refractivity contribution in [2.45, 2.75) is 52.2 Å². The molecule has 0 aliphatic carbocycles. The molecular weight excluding hydrogens is 530 g/mol. The van der Waals surface area contributed by atoms with Crippen LogP contribution in [0, 0.1) is 0 Å². The number of pyridine rings is 1. The molecule has 8 nitrogen and oxygen atoms in total. The van der Waals surface area contributed by atoms with Gasteiger partial charge >= 0.3 is 0 Å². The molecule has 3 aromatic carbocycles. The van der Waals surface area contributed by atoms with Crippen LogP contribution in [0.2, 0.25) is 0 Å². The van der Waals surface area contributed by atoms with Gasteiger partial charge < -0.3 is 29.7 Å². The van der Waals surface area contributed by atoms with Crippen molar-refractivity contribution in [3.63, 3.8) is 0 Å². The second-order valence-electron chi connectivity index (χ2n) is 11.7. The van der Waals surface area contributed by atoms with Gasteiger partial charge in [0.2, 0.25) is 0 Å². The van der Waals surface area contributed by atoms with Gasteiger partial charge in [-0.25, -0.2) is 0 Å². The van der Waals surface area contributed by atoms with Gasteiger partial charge in [-0.15, -0.1) is 0 Å². The van der Waals surface area contributed by atoms with Gasteiger partial charge in [0.05, 0.1) is 24.8 Å². The van der Waals surface area contributed by atoms with E-state index < -0.39 is 12.2 Å². The Morgan fingerprint density at radius 1 is 0.833 bits per heavy atom. The molecule has 4 rings (SSSR count). The maximum absolute atomic E-state index is 9.78. The lowest BCUT2D eigenvalue weighted by Crippen LogP contribution is -2.38. The van der Waals surface area contributed by atoms with Crippen LogP contribution < -0.4 is 19.5 Å². The van der Waals surface area contributed by atoms with E-state index >= 15 is 0 Å². The summed E-state index contributed by atoms with van der Waals surface area (Å²) in [6.07, 6.45) is 0.706. The molecule has 3 N–H and O–H groups in total. The number of benzene rings is 3. The second kappa shape index (κ2) is 13.9. The number of nitrogens with zero attached hydrogens (tertiary/aromatic N) is 2. The summed E-state index contributed by atoms with van der Waals surface area (Å²) < 4.78 is 17.9. The summed E-state index contributed by atoms with van der Waals surface area (Å²) in [6, 6.07) is 21.9. The van der Waals surface area contributed by atoms with E-state index in [1.54, 1.807) is 27.2 Å². The monoisotopic (exact) mass is 573 g/mol. The van der Waals surface area contributed by atoms with Crippen LogP contribution >= 0.6 is 0 Å². The van der Waals surface area contributed by atoms with Gasteiger partial charge in [0.1, 0.15) is 18.1 Å². The molecule has 0 spiro atoms. The molecule has 224 valence electrons. The van der Waals surface area contributed by atoms with E-state index in [4.69, 9.17) is 14.2 Å². The lowest BCUT2D eigenvalue weighted by Gasteiger charge is -2.25. The number of rotatable bonds is 13. The first-order chi connectivity index (χ1) is 20.0. The third-order valence-corrected chi connectivity index (χ3v) is 6.82. The van der Waals surface area contributed by atoms with Crippen molar-refractivity contribution in [1.29, 1.82) is 0 Å². The average molecular weight is 574 g/mol. The third kappa shape index (κ3) is 8.58. The van der Waals surface area contributed by atoms with Gasteiger partial charge in [0, 0.05) is 48.7 Å². The van der Waals surface area contributed by atoms with E-state index in [1.165, 1.54) is 5.56 Å². The Hall–Kier alpha value is -3.85. The highest BCUT2D eigenvalue weighted by Crippen LogP contribution is 2.37. The number of hydrogen-bond donors (Lipinski definition) is 3. The zero-order chi connectivity index (χ0) is 30.3. The minimum atomic E-state index is -0.500. The zero-order valence-electron chi connectivity index (χ0n) is 25.4. The van der Waals surface area contributed by atoms with E-state index in [-0.39, 0.29) is 5.41 Å². The van der Waals surface area contributed by atoms with Crippen LogP contribution in [0.3, 0.4) is 0 Å². The lowest BCUT2D eigenvalue weighted by atomic mass is 9.87. The molecule has 0 aliphatic rings. The van der Waals surface area contributed by atoms with Crippen molar-refractivity contribution < 1.29 is 24.4 Å². The van der Waals surface area contributed by atoms with Crippen molar-refractivity contribution in [1.82, 2.24) is 9.88 Å². The van der Waals surface area contributed by atoms with Crippen LogP contribution in [0.4, 0.5) is 11.4 Å². The fraction of sp³-hybridized carbons (Fsp3) is 0.382. The normalized spacial score (nSPS) is 13.2. The highest BCUT2D eigenvalue weighted by molar-refractivity contribution is 5.88. The van der Waals surface area contributed by atoms with Gasteiger partial charge in [-0.3, -0.25) is 9.88 Å². The molecular formula is C34H43N3O5. The number of hydrogen-bond acceptors (Lipinski definition) is 8. The molecule has 8 heteroatoms. The fourth-order valence-electron chi connectivity index (χ4n) is 4.73. The van der Waals surface area contributed by atoms with Gasteiger partial charge in [-0.05, 0) is 73.4 Å². The number of methoxy groups -OCH3 is 1. The number of anilines is 2. The lowest BCUT2D eigenvalue weighted by molar-refractivity contribution is 0.0746. The number of aromatic nitrogens is 1. The smallest absolute Gasteiger partial charge is 0.163 e. The molecule has 0 amide bonds. The summed E-state index contributed by atoms with van der Waals surface area (Å²) in [5, 5.41) is 23.8.